The summed E-state index contributed by atoms with van der Waals surface area (Å²) < 4.78 is 1.78. The zero-order valence-electron chi connectivity index (χ0n) is 9.17. The third kappa shape index (κ3) is 2.54. The van der Waals surface area contributed by atoms with Gasteiger partial charge in [-0.05, 0) is 43.8 Å². The minimum absolute atomic E-state index is 0.0880. The van der Waals surface area contributed by atoms with Gasteiger partial charge in [0.05, 0.1) is 9.35 Å². The molecule has 0 aliphatic heterocycles. The van der Waals surface area contributed by atoms with Crippen molar-refractivity contribution in [3.63, 3.8) is 0 Å². The SMILES string of the molecule is CCc1ccccc1C(=O)c1scc(Br)c1Br. The van der Waals surface area contributed by atoms with Crippen molar-refractivity contribution in [2.75, 3.05) is 0 Å². The summed E-state index contributed by atoms with van der Waals surface area (Å²) in [6.07, 6.45) is 0.867. The van der Waals surface area contributed by atoms with Crippen molar-refractivity contribution in [3.05, 3.63) is 54.6 Å². The van der Waals surface area contributed by atoms with E-state index in [1.807, 2.05) is 29.6 Å². The molecule has 1 heterocycles. The Morgan fingerprint density at radius 3 is 2.59 bits per heavy atom. The maximum absolute atomic E-state index is 12.4. The standard InChI is InChI=1S/C13H10Br2OS/c1-2-8-5-3-4-6-9(8)12(16)13-11(15)10(14)7-17-13/h3-7H,2H2,1H3. The molecule has 0 fully saturated rings. The van der Waals surface area contributed by atoms with Gasteiger partial charge in [0.25, 0.3) is 0 Å². The van der Waals surface area contributed by atoms with Gasteiger partial charge in [-0.25, -0.2) is 0 Å². The van der Waals surface area contributed by atoms with Crippen LogP contribution in [0.25, 0.3) is 0 Å². The molecule has 88 valence electrons. The van der Waals surface area contributed by atoms with Crippen molar-refractivity contribution in [1.29, 1.82) is 0 Å². The maximum Gasteiger partial charge on any atom is 0.204 e. The number of carbonyl (C=O) groups is 1. The minimum atomic E-state index is 0.0880. The van der Waals surface area contributed by atoms with Crippen LogP contribution in [0.3, 0.4) is 0 Å². The van der Waals surface area contributed by atoms with Crippen LogP contribution in [0.4, 0.5) is 0 Å². The Labute approximate surface area is 121 Å². The zero-order valence-corrected chi connectivity index (χ0v) is 13.2. The van der Waals surface area contributed by atoms with Crippen LogP contribution in [0.1, 0.15) is 27.7 Å². The van der Waals surface area contributed by atoms with Gasteiger partial charge in [-0.15, -0.1) is 11.3 Å². The van der Waals surface area contributed by atoms with Crippen LogP contribution in [0.5, 0.6) is 0 Å². The van der Waals surface area contributed by atoms with Gasteiger partial charge >= 0.3 is 0 Å². The molecule has 0 atom stereocenters. The number of thiophene rings is 1. The van der Waals surface area contributed by atoms with Gasteiger partial charge in [-0.2, -0.15) is 0 Å². The van der Waals surface area contributed by atoms with Gasteiger partial charge in [0, 0.05) is 15.4 Å². The smallest absolute Gasteiger partial charge is 0.204 e. The van der Waals surface area contributed by atoms with Crippen molar-refractivity contribution < 1.29 is 4.79 Å². The van der Waals surface area contributed by atoms with E-state index in [1.54, 1.807) is 0 Å². The highest BCUT2D eigenvalue weighted by molar-refractivity contribution is 9.13. The van der Waals surface area contributed by atoms with Gasteiger partial charge in [0.1, 0.15) is 0 Å². The first-order valence-electron chi connectivity index (χ1n) is 5.20. The molecule has 0 bridgehead atoms. The Hall–Kier alpha value is -0.450. The van der Waals surface area contributed by atoms with Gasteiger partial charge in [-0.3, -0.25) is 4.79 Å². The lowest BCUT2D eigenvalue weighted by atomic mass is 10.0. The van der Waals surface area contributed by atoms with E-state index >= 15 is 0 Å². The van der Waals surface area contributed by atoms with Crippen LogP contribution in [0.15, 0.2) is 38.6 Å². The molecule has 0 aliphatic carbocycles. The zero-order chi connectivity index (χ0) is 12.4. The second-order valence-electron chi connectivity index (χ2n) is 3.57. The van der Waals surface area contributed by atoms with E-state index in [0.717, 1.165) is 31.4 Å². The van der Waals surface area contributed by atoms with Gasteiger partial charge in [0.15, 0.2) is 0 Å². The Bertz CT molecular complexity index is 560. The molecule has 0 saturated heterocycles. The van der Waals surface area contributed by atoms with E-state index in [0.29, 0.717) is 0 Å². The summed E-state index contributed by atoms with van der Waals surface area (Å²) >= 11 is 8.30. The normalized spacial score (nSPS) is 10.5. The fraction of sp³-hybridized carbons (Fsp3) is 0.154. The summed E-state index contributed by atoms with van der Waals surface area (Å²) in [4.78, 5) is 13.2. The highest BCUT2D eigenvalue weighted by atomic mass is 79.9. The molecule has 0 unspecified atom stereocenters. The predicted molar refractivity (Wildman–Crippen MR) is 79.0 cm³/mol. The average Bonchev–Trinajstić information content (AvgIpc) is 2.69. The van der Waals surface area contributed by atoms with Crippen LogP contribution in [-0.2, 0) is 6.42 Å². The summed E-state index contributed by atoms with van der Waals surface area (Å²) in [5.41, 5.74) is 1.89. The summed E-state index contributed by atoms with van der Waals surface area (Å²) in [5.74, 6) is 0.0880. The molecule has 0 radical (unpaired) electrons. The third-order valence-corrected chi connectivity index (χ3v) is 6.06. The molecule has 1 aromatic heterocycles. The van der Waals surface area contributed by atoms with Gasteiger partial charge < -0.3 is 0 Å². The largest absolute Gasteiger partial charge is 0.288 e. The summed E-state index contributed by atoms with van der Waals surface area (Å²) in [7, 11) is 0. The monoisotopic (exact) mass is 372 g/mol. The highest BCUT2D eigenvalue weighted by Crippen LogP contribution is 2.34. The molecular formula is C13H10Br2OS. The molecule has 0 aliphatic rings. The maximum atomic E-state index is 12.4. The predicted octanol–water partition coefficient (Wildman–Crippen LogP) is 5.07. The number of benzene rings is 1. The number of aryl methyl sites for hydroxylation is 1. The van der Waals surface area contributed by atoms with E-state index in [2.05, 4.69) is 38.8 Å². The molecule has 17 heavy (non-hydrogen) atoms. The van der Waals surface area contributed by atoms with Crippen molar-refractivity contribution >= 4 is 49.0 Å². The van der Waals surface area contributed by atoms with Gasteiger partial charge in [-0.1, -0.05) is 31.2 Å². The number of rotatable bonds is 3. The Morgan fingerprint density at radius 2 is 2.00 bits per heavy atom. The van der Waals surface area contributed by atoms with Crippen LogP contribution < -0.4 is 0 Å². The molecule has 2 rings (SSSR count). The van der Waals surface area contributed by atoms with E-state index in [1.165, 1.54) is 11.3 Å². The summed E-state index contributed by atoms with van der Waals surface area (Å²) in [6, 6.07) is 7.77. The fourth-order valence-electron chi connectivity index (χ4n) is 1.65. The Balaban J connectivity index is 2.47. The second kappa shape index (κ2) is 5.46. The van der Waals surface area contributed by atoms with E-state index in [9.17, 15) is 4.79 Å². The summed E-state index contributed by atoms with van der Waals surface area (Å²) in [6.45, 7) is 2.06. The van der Waals surface area contributed by atoms with Crippen molar-refractivity contribution in [2.24, 2.45) is 0 Å². The number of halogens is 2. The molecule has 0 saturated carbocycles. The molecule has 0 spiro atoms. The van der Waals surface area contributed by atoms with E-state index in [-0.39, 0.29) is 5.78 Å². The molecule has 0 N–H and O–H groups in total. The minimum Gasteiger partial charge on any atom is -0.288 e. The van der Waals surface area contributed by atoms with Crippen LogP contribution in [-0.4, -0.2) is 5.78 Å². The number of carbonyl (C=O) groups excluding carboxylic acids is 1. The average molecular weight is 374 g/mol. The Kier molecular flexibility index (Phi) is 4.17. The molecule has 1 nitrogen and oxygen atoms in total. The van der Waals surface area contributed by atoms with Crippen LogP contribution in [0, 0.1) is 0 Å². The number of hydrogen-bond acceptors (Lipinski definition) is 2. The first-order valence-corrected chi connectivity index (χ1v) is 7.66. The summed E-state index contributed by atoms with van der Waals surface area (Å²) in [5, 5.41) is 1.92. The number of ketones is 1. The molecule has 4 heteroatoms. The van der Waals surface area contributed by atoms with Crippen molar-refractivity contribution in [1.82, 2.24) is 0 Å². The fourth-order valence-corrected chi connectivity index (χ4v) is 3.75. The van der Waals surface area contributed by atoms with Crippen LogP contribution >= 0.6 is 43.2 Å². The van der Waals surface area contributed by atoms with Crippen molar-refractivity contribution in [3.8, 4) is 0 Å². The van der Waals surface area contributed by atoms with E-state index in [4.69, 9.17) is 0 Å². The lowest BCUT2D eigenvalue weighted by Gasteiger charge is -2.05. The van der Waals surface area contributed by atoms with Crippen molar-refractivity contribution in [2.45, 2.75) is 13.3 Å². The van der Waals surface area contributed by atoms with E-state index < -0.39 is 0 Å². The molecular weight excluding hydrogens is 364 g/mol. The Morgan fingerprint density at radius 1 is 1.29 bits per heavy atom. The molecule has 1 aromatic carbocycles. The topological polar surface area (TPSA) is 17.1 Å². The van der Waals surface area contributed by atoms with Gasteiger partial charge in [0.2, 0.25) is 5.78 Å². The lowest BCUT2D eigenvalue weighted by Crippen LogP contribution is -2.03. The second-order valence-corrected chi connectivity index (χ2v) is 6.09. The first-order chi connectivity index (χ1) is 8.15. The molecule has 0 amide bonds. The quantitative estimate of drug-likeness (QED) is 0.686. The van der Waals surface area contributed by atoms with Crippen LogP contribution in [0.2, 0.25) is 0 Å². The molecule has 2 aromatic rings. The first kappa shape index (κ1) is 13.0. The third-order valence-electron chi connectivity index (χ3n) is 2.54. The highest BCUT2D eigenvalue weighted by Gasteiger charge is 2.18. The lowest BCUT2D eigenvalue weighted by molar-refractivity contribution is 0.104. The number of hydrogen-bond donors (Lipinski definition) is 0.